The number of methoxy groups -OCH3 is 2. The van der Waals surface area contributed by atoms with Gasteiger partial charge in [-0.1, -0.05) is 6.07 Å². The standard InChI is InChI=1S/C15H16FNO4S/c1-10-7-13(20-2)14(21-3)9-15(10)22(18,19)17-12-6-4-5-11(16)8-12/h4-9,17H,1-3H3. The van der Waals surface area contributed by atoms with Crippen LogP contribution in [0.15, 0.2) is 41.3 Å². The normalized spacial score (nSPS) is 11.1. The van der Waals surface area contributed by atoms with Crippen molar-refractivity contribution in [1.29, 1.82) is 0 Å². The SMILES string of the molecule is COc1cc(C)c(S(=O)(=O)Nc2cccc(F)c2)cc1OC. The van der Waals surface area contributed by atoms with Crippen LogP contribution in [0.1, 0.15) is 5.56 Å². The van der Waals surface area contributed by atoms with E-state index < -0.39 is 15.8 Å². The summed E-state index contributed by atoms with van der Waals surface area (Å²) in [6.07, 6.45) is 0. The van der Waals surface area contributed by atoms with Gasteiger partial charge in [-0.25, -0.2) is 12.8 Å². The van der Waals surface area contributed by atoms with Gasteiger partial charge < -0.3 is 9.47 Å². The van der Waals surface area contributed by atoms with E-state index in [-0.39, 0.29) is 10.6 Å². The van der Waals surface area contributed by atoms with Crippen LogP contribution in [0.2, 0.25) is 0 Å². The van der Waals surface area contributed by atoms with Gasteiger partial charge in [0, 0.05) is 6.07 Å². The molecule has 0 aliphatic carbocycles. The molecule has 0 aliphatic rings. The summed E-state index contributed by atoms with van der Waals surface area (Å²) in [6.45, 7) is 1.64. The lowest BCUT2D eigenvalue weighted by atomic mass is 10.2. The van der Waals surface area contributed by atoms with Crippen molar-refractivity contribution >= 4 is 15.7 Å². The largest absolute Gasteiger partial charge is 0.493 e. The van der Waals surface area contributed by atoms with Crippen molar-refractivity contribution in [3.8, 4) is 11.5 Å². The maximum atomic E-state index is 13.2. The smallest absolute Gasteiger partial charge is 0.262 e. The molecule has 0 atom stereocenters. The predicted octanol–water partition coefficient (Wildman–Crippen LogP) is 2.95. The number of halogens is 1. The number of rotatable bonds is 5. The van der Waals surface area contributed by atoms with E-state index in [1.807, 2.05) is 0 Å². The highest BCUT2D eigenvalue weighted by molar-refractivity contribution is 7.92. The summed E-state index contributed by atoms with van der Waals surface area (Å²) in [5.74, 6) is 0.210. The molecule has 5 nitrogen and oxygen atoms in total. The number of ether oxygens (including phenoxy) is 2. The lowest BCUT2D eigenvalue weighted by Gasteiger charge is -2.14. The van der Waals surface area contributed by atoms with Gasteiger partial charge in [-0.2, -0.15) is 0 Å². The summed E-state index contributed by atoms with van der Waals surface area (Å²) in [5.41, 5.74) is 0.635. The molecular formula is C15H16FNO4S. The first-order valence-electron chi connectivity index (χ1n) is 6.38. The molecule has 2 aromatic carbocycles. The van der Waals surface area contributed by atoms with Crippen LogP contribution in [0, 0.1) is 12.7 Å². The lowest BCUT2D eigenvalue weighted by Crippen LogP contribution is -2.14. The molecule has 2 rings (SSSR count). The second-order valence-corrected chi connectivity index (χ2v) is 6.24. The summed E-state index contributed by atoms with van der Waals surface area (Å²) < 4.78 is 50.7. The minimum absolute atomic E-state index is 0.0365. The molecule has 0 heterocycles. The van der Waals surface area contributed by atoms with Crippen LogP contribution in [-0.2, 0) is 10.0 Å². The summed E-state index contributed by atoms with van der Waals surface area (Å²) >= 11 is 0. The number of aryl methyl sites for hydroxylation is 1. The van der Waals surface area contributed by atoms with E-state index in [1.165, 1.54) is 38.5 Å². The van der Waals surface area contributed by atoms with Crippen molar-refractivity contribution in [3.05, 3.63) is 47.8 Å². The van der Waals surface area contributed by atoms with Gasteiger partial charge in [-0.3, -0.25) is 4.72 Å². The van der Waals surface area contributed by atoms with E-state index in [9.17, 15) is 12.8 Å². The Morgan fingerprint density at radius 2 is 1.68 bits per heavy atom. The molecule has 0 spiro atoms. The average molecular weight is 325 g/mol. The zero-order valence-electron chi connectivity index (χ0n) is 12.4. The quantitative estimate of drug-likeness (QED) is 0.918. The van der Waals surface area contributed by atoms with Gasteiger partial charge >= 0.3 is 0 Å². The molecule has 0 aliphatic heterocycles. The van der Waals surface area contributed by atoms with Gasteiger partial charge in [-0.15, -0.1) is 0 Å². The topological polar surface area (TPSA) is 64.6 Å². The van der Waals surface area contributed by atoms with Crippen LogP contribution in [0.4, 0.5) is 10.1 Å². The minimum atomic E-state index is -3.87. The number of nitrogens with one attached hydrogen (secondary N) is 1. The number of hydrogen-bond acceptors (Lipinski definition) is 4. The zero-order chi connectivity index (χ0) is 16.3. The molecule has 1 N–H and O–H groups in total. The van der Waals surface area contributed by atoms with E-state index in [4.69, 9.17) is 9.47 Å². The van der Waals surface area contributed by atoms with Crippen molar-refractivity contribution in [3.63, 3.8) is 0 Å². The maximum Gasteiger partial charge on any atom is 0.262 e. The van der Waals surface area contributed by atoms with Crippen LogP contribution in [0.5, 0.6) is 11.5 Å². The average Bonchev–Trinajstić information content (AvgIpc) is 2.46. The van der Waals surface area contributed by atoms with Crippen LogP contribution in [0.3, 0.4) is 0 Å². The van der Waals surface area contributed by atoms with E-state index in [2.05, 4.69) is 4.72 Å². The molecular weight excluding hydrogens is 309 g/mol. The molecule has 0 amide bonds. The molecule has 0 radical (unpaired) electrons. The second kappa shape index (κ2) is 6.23. The second-order valence-electron chi connectivity index (χ2n) is 4.59. The molecule has 7 heteroatoms. The van der Waals surface area contributed by atoms with Gasteiger partial charge in [0.25, 0.3) is 10.0 Å². The fourth-order valence-electron chi connectivity index (χ4n) is 2.01. The molecule has 22 heavy (non-hydrogen) atoms. The molecule has 0 saturated carbocycles. The minimum Gasteiger partial charge on any atom is -0.493 e. The highest BCUT2D eigenvalue weighted by Crippen LogP contribution is 2.33. The van der Waals surface area contributed by atoms with E-state index in [1.54, 1.807) is 13.0 Å². The van der Waals surface area contributed by atoms with Crippen molar-refractivity contribution in [1.82, 2.24) is 0 Å². The molecule has 2 aromatic rings. The van der Waals surface area contributed by atoms with Crippen molar-refractivity contribution in [2.45, 2.75) is 11.8 Å². The maximum absolute atomic E-state index is 13.2. The summed E-state index contributed by atoms with van der Waals surface area (Å²) in [4.78, 5) is 0.0365. The number of sulfonamides is 1. The van der Waals surface area contributed by atoms with Gasteiger partial charge in [0.15, 0.2) is 11.5 Å². The number of anilines is 1. The third kappa shape index (κ3) is 3.30. The van der Waals surface area contributed by atoms with Gasteiger partial charge in [0.2, 0.25) is 0 Å². The summed E-state index contributed by atoms with van der Waals surface area (Å²) in [6, 6.07) is 8.17. The van der Waals surface area contributed by atoms with Crippen molar-refractivity contribution < 1.29 is 22.3 Å². The first-order valence-corrected chi connectivity index (χ1v) is 7.86. The number of hydrogen-bond donors (Lipinski definition) is 1. The molecule has 0 saturated heterocycles. The Hall–Kier alpha value is -2.28. The van der Waals surface area contributed by atoms with Gasteiger partial charge in [0.1, 0.15) is 5.82 Å². The van der Waals surface area contributed by atoms with Gasteiger partial charge in [-0.05, 0) is 36.8 Å². The lowest BCUT2D eigenvalue weighted by molar-refractivity contribution is 0.353. The summed E-state index contributed by atoms with van der Waals surface area (Å²) in [7, 11) is -0.982. The first kappa shape index (κ1) is 16.1. The van der Waals surface area contributed by atoms with Gasteiger partial charge in [0.05, 0.1) is 24.8 Å². The third-order valence-corrected chi connectivity index (χ3v) is 4.57. The Balaban J connectivity index is 2.45. The Labute approximate surface area is 128 Å². The zero-order valence-corrected chi connectivity index (χ0v) is 13.2. The monoisotopic (exact) mass is 325 g/mol. The molecule has 0 aromatic heterocycles. The highest BCUT2D eigenvalue weighted by atomic mass is 32.2. The van der Waals surface area contributed by atoms with Crippen LogP contribution < -0.4 is 14.2 Å². The predicted molar refractivity (Wildman–Crippen MR) is 81.5 cm³/mol. The van der Waals surface area contributed by atoms with E-state index in [0.717, 1.165) is 6.07 Å². The fraction of sp³-hybridized carbons (Fsp3) is 0.200. The van der Waals surface area contributed by atoms with Crippen LogP contribution >= 0.6 is 0 Å². The molecule has 118 valence electrons. The Bertz CT molecular complexity index is 790. The Morgan fingerprint density at radius 3 is 2.27 bits per heavy atom. The number of benzene rings is 2. The van der Waals surface area contributed by atoms with E-state index >= 15 is 0 Å². The summed E-state index contributed by atoms with van der Waals surface area (Å²) in [5, 5.41) is 0. The third-order valence-electron chi connectivity index (χ3n) is 3.05. The van der Waals surface area contributed by atoms with Crippen molar-refractivity contribution in [2.24, 2.45) is 0 Å². The van der Waals surface area contributed by atoms with Crippen molar-refractivity contribution in [2.75, 3.05) is 18.9 Å². The highest BCUT2D eigenvalue weighted by Gasteiger charge is 2.20. The Morgan fingerprint density at radius 1 is 1.05 bits per heavy atom. The van der Waals surface area contributed by atoms with Crippen LogP contribution in [0.25, 0.3) is 0 Å². The molecule has 0 bridgehead atoms. The molecule has 0 unspecified atom stereocenters. The Kier molecular flexibility index (Phi) is 4.56. The van der Waals surface area contributed by atoms with E-state index in [0.29, 0.717) is 17.1 Å². The van der Waals surface area contributed by atoms with Crippen LogP contribution in [-0.4, -0.2) is 22.6 Å². The fourth-order valence-corrected chi connectivity index (χ4v) is 3.31. The molecule has 0 fully saturated rings. The first-order chi connectivity index (χ1) is 10.4.